The first-order valence-corrected chi connectivity index (χ1v) is 5.53. The molecule has 1 aliphatic rings. The Bertz CT molecular complexity index is 217. The first kappa shape index (κ1) is 11.5. The zero-order valence-electron chi connectivity index (χ0n) is 9.76. The summed E-state index contributed by atoms with van der Waals surface area (Å²) in [6.07, 6.45) is 3.80. The van der Waals surface area contributed by atoms with Gasteiger partial charge in [-0.2, -0.15) is 0 Å². The van der Waals surface area contributed by atoms with Gasteiger partial charge in [0.05, 0.1) is 5.41 Å². The Kier molecular flexibility index (Phi) is 2.93. The molecule has 14 heavy (non-hydrogen) atoms. The minimum atomic E-state index is -0.600. The van der Waals surface area contributed by atoms with E-state index in [4.69, 9.17) is 0 Å². The fourth-order valence-corrected chi connectivity index (χ4v) is 2.54. The molecular weight excluding hydrogens is 176 g/mol. The average Bonchev–Trinajstić information content (AvgIpc) is 2.02. The topological polar surface area (TPSA) is 37.3 Å². The smallest absolute Gasteiger partial charge is 0.310 e. The van der Waals surface area contributed by atoms with Gasteiger partial charge in [-0.05, 0) is 37.0 Å². The number of aliphatic carboxylic acids is 1. The van der Waals surface area contributed by atoms with Crippen molar-refractivity contribution in [1.29, 1.82) is 0 Å². The van der Waals surface area contributed by atoms with Gasteiger partial charge in [0.2, 0.25) is 0 Å². The largest absolute Gasteiger partial charge is 0.481 e. The van der Waals surface area contributed by atoms with Crippen molar-refractivity contribution in [2.24, 2.45) is 16.7 Å². The normalized spacial score (nSPS) is 34.1. The third-order valence-electron chi connectivity index (χ3n) is 3.97. The number of carbonyl (C=O) groups is 1. The van der Waals surface area contributed by atoms with Crippen molar-refractivity contribution in [3.8, 4) is 0 Å². The maximum Gasteiger partial charge on any atom is 0.310 e. The molecule has 1 aliphatic carbocycles. The summed E-state index contributed by atoms with van der Waals surface area (Å²) in [5, 5.41) is 9.41. The second-order valence-electron chi connectivity index (χ2n) is 5.82. The van der Waals surface area contributed by atoms with Gasteiger partial charge in [-0.25, -0.2) is 0 Å². The number of carboxylic acid groups (broad SMARTS) is 1. The van der Waals surface area contributed by atoms with Crippen molar-refractivity contribution >= 4 is 5.97 Å². The Balaban J connectivity index is 2.90. The highest BCUT2D eigenvalue weighted by Gasteiger charge is 2.49. The van der Waals surface area contributed by atoms with Crippen molar-refractivity contribution < 1.29 is 9.90 Å². The summed E-state index contributed by atoms with van der Waals surface area (Å²) in [5.41, 5.74) is -0.613. The van der Waals surface area contributed by atoms with Crippen LogP contribution in [0.3, 0.4) is 0 Å². The number of rotatable bonds is 1. The molecule has 0 saturated heterocycles. The Morgan fingerprint density at radius 2 is 1.71 bits per heavy atom. The maximum atomic E-state index is 11.4. The highest BCUT2D eigenvalue weighted by atomic mass is 16.4. The van der Waals surface area contributed by atoms with Gasteiger partial charge in [-0.3, -0.25) is 4.79 Å². The molecule has 82 valence electrons. The minimum absolute atomic E-state index is 0.126. The summed E-state index contributed by atoms with van der Waals surface area (Å²) in [4.78, 5) is 11.4. The second kappa shape index (κ2) is 3.56. The fourth-order valence-electron chi connectivity index (χ4n) is 2.54. The maximum absolute atomic E-state index is 11.4. The van der Waals surface area contributed by atoms with E-state index in [-0.39, 0.29) is 5.41 Å². The molecule has 1 fully saturated rings. The zero-order valence-corrected chi connectivity index (χ0v) is 9.76. The third-order valence-corrected chi connectivity index (χ3v) is 3.97. The van der Waals surface area contributed by atoms with E-state index in [9.17, 15) is 9.90 Å². The molecule has 0 aromatic carbocycles. The molecule has 0 heterocycles. The second-order valence-corrected chi connectivity index (χ2v) is 5.82. The van der Waals surface area contributed by atoms with E-state index in [1.165, 1.54) is 0 Å². The summed E-state index contributed by atoms with van der Waals surface area (Å²) >= 11 is 0. The van der Waals surface area contributed by atoms with Gasteiger partial charge < -0.3 is 5.11 Å². The van der Waals surface area contributed by atoms with Gasteiger partial charge in [-0.1, -0.05) is 27.7 Å². The van der Waals surface area contributed by atoms with E-state index in [0.29, 0.717) is 5.92 Å². The van der Waals surface area contributed by atoms with Crippen molar-refractivity contribution in [3.63, 3.8) is 0 Å². The van der Waals surface area contributed by atoms with Crippen LogP contribution in [0.2, 0.25) is 0 Å². The van der Waals surface area contributed by atoms with E-state index in [0.717, 1.165) is 25.7 Å². The summed E-state index contributed by atoms with van der Waals surface area (Å²) in [5.74, 6) is 0.0988. The van der Waals surface area contributed by atoms with Crippen LogP contribution < -0.4 is 0 Å². The lowest BCUT2D eigenvalue weighted by Crippen LogP contribution is -2.45. The van der Waals surface area contributed by atoms with Crippen LogP contribution in [-0.4, -0.2) is 11.1 Å². The van der Waals surface area contributed by atoms with Crippen LogP contribution >= 0.6 is 0 Å². The Labute approximate surface area is 86.7 Å². The molecule has 0 atom stereocenters. The molecule has 2 nitrogen and oxygen atoms in total. The minimum Gasteiger partial charge on any atom is -0.481 e. The van der Waals surface area contributed by atoms with Crippen molar-refractivity contribution in [2.45, 2.75) is 53.4 Å². The summed E-state index contributed by atoms with van der Waals surface area (Å²) in [6, 6.07) is 0. The number of hydrogen-bond donors (Lipinski definition) is 1. The molecule has 1 rings (SSSR count). The molecule has 1 N–H and O–H groups in total. The molecule has 2 heteroatoms. The van der Waals surface area contributed by atoms with E-state index in [2.05, 4.69) is 27.7 Å². The molecule has 0 amide bonds. The molecule has 0 aliphatic heterocycles. The molecular formula is C12H22O2. The van der Waals surface area contributed by atoms with Gasteiger partial charge in [0, 0.05) is 0 Å². The molecule has 0 spiro atoms. The van der Waals surface area contributed by atoms with Crippen LogP contribution in [0.1, 0.15) is 53.4 Å². The summed E-state index contributed by atoms with van der Waals surface area (Å²) < 4.78 is 0. The van der Waals surface area contributed by atoms with Crippen molar-refractivity contribution in [3.05, 3.63) is 0 Å². The fraction of sp³-hybridized carbons (Fsp3) is 0.917. The van der Waals surface area contributed by atoms with E-state index in [1.807, 2.05) is 0 Å². The molecule has 0 radical (unpaired) electrons. The van der Waals surface area contributed by atoms with E-state index < -0.39 is 11.4 Å². The monoisotopic (exact) mass is 198 g/mol. The van der Waals surface area contributed by atoms with Crippen molar-refractivity contribution in [2.75, 3.05) is 0 Å². The lowest BCUT2D eigenvalue weighted by Gasteiger charge is -2.45. The molecule has 0 bridgehead atoms. The summed E-state index contributed by atoms with van der Waals surface area (Å²) in [6.45, 7) is 8.37. The predicted molar refractivity (Wildman–Crippen MR) is 57.2 cm³/mol. The molecule has 1 saturated carbocycles. The van der Waals surface area contributed by atoms with Crippen LogP contribution in [0.25, 0.3) is 0 Å². The first-order chi connectivity index (χ1) is 6.29. The zero-order chi connectivity index (χ0) is 11.0. The standard InChI is InChI=1S/C12H22O2/c1-9-5-7-12(8-6-9,10(13)14)11(2,3)4/h9H,5-8H2,1-4H3,(H,13,14). The highest BCUT2D eigenvalue weighted by molar-refractivity contribution is 5.75. The van der Waals surface area contributed by atoms with Gasteiger partial charge in [0.1, 0.15) is 0 Å². The predicted octanol–water partition coefficient (Wildman–Crippen LogP) is 3.31. The molecule has 0 unspecified atom stereocenters. The Hall–Kier alpha value is -0.530. The molecule has 0 aromatic rings. The SMILES string of the molecule is CC1CCC(C(=O)O)(C(C)(C)C)CC1. The summed E-state index contributed by atoms with van der Waals surface area (Å²) in [7, 11) is 0. The van der Waals surface area contributed by atoms with E-state index in [1.54, 1.807) is 0 Å². The van der Waals surface area contributed by atoms with Crippen LogP contribution in [0.15, 0.2) is 0 Å². The average molecular weight is 198 g/mol. The first-order valence-electron chi connectivity index (χ1n) is 5.53. The van der Waals surface area contributed by atoms with Gasteiger partial charge in [0.15, 0.2) is 0 Å². The van der Waals surface area contributed by atoms with Crippen LogP contribution in [0.5, 0.6) is 0 Å². The lowest BCUT2D eigenvalue weighted by molar-refractivity contribution is -0.160. The van der Waals surface area contributed by atoms with Crippen LogP contribution in [0, 0.1) is 16.7 Å². The van der Waals surface area contributed by atoms with E-state index >= 15 is 0 Å². The van der Waals surface area contributed by atoms with Crippen molar-refractivity contribution in [1.82, 2.24) is 0 Å². The highest BCUT2D eigenvalue weighted by Crippen LogP contribution is 2.50. The lowest BCUT2D eigenvalue weighted by atomic mass is 9.58. The van der Waals surface area contributed by atoms with Gasteiger partial charge >= 0.3 is 5.97 Å². The van der Waals surface area contributed by atoms with Crippen LogP contribution in [0.4, 0.5) is 0 Å². The van der Waals surface area contributed by atoms with Gasteiger partial charge in [-0.15, -0.1) is 0 Å². The Morgan fingerprint density at radius 1 is 1.29 bits per heavy atom. The third kappa shape index (κ3) is 1.79. The quantitative estimate of drug-likeness (QED) is 0.701. The number of hydrogen-bond acceptors (Lipinski definition) is 1. The Morgan fingerprint density at radius 3 is 2.00 bits per heavy atom. The van der Waals surface area contributed by atoms with Crippen LogP contribution in [-0.2, 0) is 4.79 Å². The number of carboxylic acids is 1. The van der Waals surface area contributed by atoms with Gasteiger partial charge in [0.25, 0.3) is 0 Å². The molecule has 0 aromatic heterocycles.